The van der Waals surface area contributed by atoms with Gasteiger partial charge in [-0.25, -0.2) is 8.42 Å². The molecule has 1 N–H and O–H groups in total. The van der Waals surface area contributed by atoms with E-state index in [2.05, 4.69) is 5.32 Å². The van der Waals surface area contributed by atoms with Crippen LogP contribution in [0.1, 0.15) is 27.8 Å². The fourth-order valence-electron chi connectivity index (χ4n) is 3.09. The first-order valence-electron chi connectivity index (χ1n) is 8.44. The number of amides is 1. The van der Waals surface area contributed by atoms with Gasteiger partial charge in [-0.3, -0.25) is 4.79 Å². The summed E-state index contributed by atoms with van der Waals surface area (Å²) in [5.41, 5.74) is 5.11. The third kappa shape index (κ3) is 4.14. The quantitative estimate of drug-likeness (QED) is 0.871. The highest BCUT2D eigenvalue weighted by molar-refractivity contribution is 7.89. The fourth-order valence-corrected chi connectivity index (χ4v) is 4.62. The number of likely N-dealkylation sites (N-methyl/N-ethyl adjacent to an activating group) is 1. The molecule has 0 radical (unpaired) electrons. The Kier molecular flexibility index (Phi) is 5.88. The number of carbonyl (C=O) groups is 1. The van der Waals surface area contributed by atoms with Gasteiger partial charge in [0.2, 0.25) is 15.9 Å². The Hall–Kier alpha value is -2.18. The molecule has 0 saturated heterocycles. The lowest BCUT2D eigenvalue weighted by atomic mass is 10.1. The molecule has 0 saturated carbocycles. The van der Waals surface area contributed by atoms with Gasteiger partial charge in [0, 0.05) is 12.7 Å². The zero-order valence-electron chi connectivity index (χ0n) is 16.2. The number of hydrogen-bond acceptors (Lipinski definition) is 3. The molecule has 0 bridgehead atoms. The van der Waals surface area contributed by atoms with Crippen LogP contribution in [0.15, 0.2) is 35.2 Å². The van der Waals surface area contributed by atoms with Gasteiger partial charge in [0.15, 0.2) is 0 Å². The molecule has 2 aromatic carbocycles. The molecule has 6 heteroatoms. The average molecular weight is 375 g/mol. The van der Waals surface area contributed by atoms with E-state index in [-0.39, 0.29) is 17.3 Å². The maximum Gasteiger partial charge on any atom is 0.243 e. The van der Waals surface area contributed by atoms with Crippen molar-refractivity contribution < 1.29 is 13.2 Å². The Balaban J connectivity index is 2.22. The summed E-state index contributed by atoms with van der Waals surface area (Å²) in [7, 11) is -2.32. The number of aryl methyl sites for hydroxylation is 4. The van der Waals surface area contributed by atoms with Crippen molar-refractivity contribution in [1.29, 1.82) is 0 Å². The van der Waals surface area contributed by atoms with E-state index in [4.69, 9.17) is 0 Å². The van der Waals surface area contributed by atoms with Gasteiger partial charge >= 0.3 is 0 Å². The summed E-state index contributed by atoms with van der Waals surface area (Å²) in [5.74, 6) is -0.368. The molecule has 0 spiro atoms. The Bertz CT molecular complexity index is 927. The van der Waals surface area contributed by atoms with E-state index in [1.807, 2.05) is 51.1 Å². The number of rotatable bonds is 5. The van der Waals surface area contributed by atoms with Crippen LogP contribution in [0.3, 0.4) is 0 Å². The van der Waals surface area contributed by atoms with Crippen molar-refractivity contribution in [2.45, 2.75) is 39.5 Å². The van der Waals surface area contributed by atoms with Crippen LogP contribution in [-0.2, 0) is 14.8 Å². The van der Waals surface area contributed by atoms with Crippen LogP contribution >= 0.6 is 0 Å². The molecular weight excluding hydrogens is 348 g/mol. The van der Waals surface area contributed by atoms with Crippen LogP contribution < -0.4 is 5.32 Å². The fraction of sp³-hybridized carbons (Fsp3) is 0.350. The molecule has 2 aromatic rings. The normalized spacial score (nSPS) is 11.7. The van der Waals surface area contributed by atoms with Crippen molar-refractivity contribution in [3.63, 3.8) is 0 Å². The minimum Gasteiger partial charge on any atom is -0.325 e. The van der Waals surface area contributed by atoms with Gasteiger partial charge in [-0.1, -0.05) is 29.8 Å². The Morgan fingerprint density at radius 2 is 1.58 bits per heavy atom. The summed E-state index contributed by atoms with van der Waals surface area (Å²) >= 11 is 0. The van der Waals surface area contributed by atoms with Gasteiger partial charge in [-0.05, 0) is 62.9 Å². The number of nitrogens with one attached hydrogen (secondary N) is 1. The molecule has 0 fully saturated rings. The second-order valence-corrected chi connectivity index (χ2v) is 8.77. The molecule has 2 rings (SSSR count). The standard InChI is InChI=1S/C20H26N2O3S/c1-13-10-15(3)20(16(4)11-13)26(24,25)22(6)12-19(23)21-18-9-7-8-14(2)17(18)5/h7-11H,12H2,1-6H3,(H,21,23). The van der Waals surface area contributed by atoms with Crippen LogP contribution in [0.5, 0.6) is 0 Å². The van der Waals surface area contributed by atoms with Gasteiger partial charge < -0.3 is 5.32 Å². The summed E-state index contributed by atoms with van der Waals surface area (Å²) in [6.07, 6.45) is 0. The van der Waals surface area contributed by atoms with E-state index in [1.54, 1.807) is 13.8 Å². The SMILES string of the molecule is Cc1cc(C)c(S(=O)(=O)N(C)CC(=O)Nc2cccc(C)c2C)c(C)c1. The van der Waals surface area contributed by atoms with E-state index in [1.165, 1.54) is 7.05 Å². The molecule has 140 valence electrons. The summed E-state index contributed by atoms with van der Waals surface area (Å²) in [5, 5.41) is 2.80. The molecule has 0 atom stereocenters. The van der Waals surface area contributed by atoms with Crippen molar-refractivity contribution in [3.05, 3.63) is 58.1 Å². The first-order valence-corrected chi connectivity index (χ1v) is 9.88. The summed E-state index contributed by atoms with van der Waals surface area (Å²) in [6, 6.07) is 9.30. The van der Waals surface area contributed by atoms with Crippen LogP contribution in [0.4, 0.5) is 5.69 Å². The molecule has 0 aliphatic heterocycles. The largest absolute Gasteiger partial charge is 0.325 e. The number of carbonyl (C=O) groups excluding carboxylic acids is 1. The number of hydrogen-bond donors (Lipinski definition) is 1. The van der Waals surface area contributed by atoms with Crippen molar-refractivity contribution in [3.8, 4) is 0 Å². The third-order valence-corrected chi connectivity index (χ3v) is 6.63. The summed E-state index contributed by atoms with van der Waals surface area (Å²) in [4.78, 5) is 12.6. The Morgan fingerprint density at radius 3 is 2.15 bits per heavy atom. The lowest BCUT2D eigenvalue weighted by Gasteiger charge is -2.20. The smallest absolute Gasteiger partial charge is 0.243 e. The van der Waals surface area contributed by atoms with E-state index < -0.39 is 10.0 Å². The van der Waals surface area contributed by atoms with Crippen molar-refractivity contribution in [1.82, 2.24) is 4.31 Å². The first-order chi connectivity index (χ1) is 12.0. The molecule has 0 aliphatic rings. The zero-order chi connectivity index (χ0) is 19.6. The van der Waals surface area contributed by atoms with Gasteiger partial charge in [0.05, 0.1) is 11.4 Å². The van der Waals surface area contributed by atoms with Crippen LogP contribution in [-0.4, -0.2) is 32.2 Å². The molecular formula is C20H26N2O3S. The maximum atomic E-state index is 12.9. The minimum atomic E-state index is -3.75. The van der Waals surface area contributed by atoms with Crippen molar-refractivity contribution in [2.24, 2.45) is 0 Å². The van der Waals surface area contributed by atoms with Gasteiger partial charge in [0.25, 0.3) is 0 Å². The van der Waals surface area contributed by atoms with Gasteiger partial charge in [-0.15, -0.1) is 0 Å². The molecule has 5 nitrogen and oxygen atoms in total. The molecule has 1 amide bonds. The second-order valence-electron chi connectivity index (χ2n) is 6.78. The highest BCUT2D eigenvalue weighted by Gasteiger charge is 2.26. The molecule has 0 aliphatic carbocycles. The Labute approximate surface area is 156 Å². The molecule has 0 heterocycles. The lowest BCUT2D eigenvalue weighted by molar-refractivity contribution is -0.116. The monoisotopic (exact) mass is 374 g/mol. The van der Waals surface area contributed by atoms with Crippen LogP contribution in [0.25, 0.3) is 0 Å². The Morgan fingerprint density at radius 1 is 1.00 bits per heavy atom. The molecule has 0 aromatic heterocycles. The van der Waals surface area contributed by atoms with Crippen LogP contribution in [0.2, 0.25) is 0 Å². The number of benzene rings is 2. The topological polar surface area (TPSA) is 66.5 Å². The average Bonchev–Trinajstić information content (AvgIpc) is 2.50. The lowest BCUT2D eigenvalue weighted by Crippen LogP contribution is -2.35. The minimum absolute atomic E-state index is 0.248. The second kappa shape index (κ2) is 7.60. The van der Waals surface area contributed by atoms with Gasteiger partial charge in [-0.2, -0.15) is 4.31 Å². The number of anilines is 1. The van der Waals surface area contributed by atoms with E-state index in [0.717, 1.165) is 21.0 Å². The number of sulfonamides is 1. The third-order valence-electron chi connectivity index (χ3n) is 4.52. The summed E-state index contributed by atoms with van der Waals surface area (Å²) < 4.78 is 27.0. The van der Waals surface area contributed by atoms with E-state index in [0.29, 0.717) is 16.8 Å². The van der Waals surface area contributed by atoms with Crippen LogP contribution in [0, 0.1) is 34.6 Å². The molecule has 0 unspecified atom stereocenters. The van der Waals surface area contributed by atoms with Crippen molar-refractivity contribution in [2.75, 3.05) is 18.9 Å². The first kappa shape index (κ1) is 20.1. The van der Waals surface area contributed by atoms with Gasteiger partial charge in [0.1, 0.15) is 0 Å². The van der Waals surface area contributed by atoms with Crippen molar-refractivity contribution >= 4 is 21.6 Å². The van der Waals surface area contributed by atoms with E-state index >= 15 is 0 Å². The number of nitrogens with zero attached hydrogens (tertiary/aromatic N) is 1. The summed E-state index contributed by atoms with van der Waals surface area (Å²) in [6.45, 7) is 9.11. The zero-order valence-corrected chi connectivity index (χ0v) is 17.0. The van der Waals surface area contributed by atoms with E-state index in [9.17, 15) is 13.2 Å². The highest BCUT2D eigenvalue weighted by Crippen LogP contribution is 2.24. The molecule has 26 heavy (non-hydrogen) atoms. The predicted octanol–water partition coefficient (Wildman–Crippen LogP) is 3.49. The maximum absolute atomic E-state index is 12.9. The predicted molar refractivity (Wildman–Crippen MR) is 105 cm³/mol. The highest BCUT2D eigenvalue weighted by atomic mass is 32.2.